The highest BCUT2D eigenvalue weighted by Gasteiger charge is 2.30. The molecular formula is C22H25N5O4. The molecule has 1 aromatic heterocycles. The maximum absolute atomic E-state index is 12.9. The molecular weight excluding hydrogens is 398 g/mol. The number of methoxy groups -OCH3 is 2. The number of nitrogens with one attached hydrogen (secondary N) is 2. The number of ether oxygens (including phenoxy) is 2. The van der Waals surface area contributed by atoms with Gasteiger partial charge in [-0.2, -0.15) is 0 Å². The second kappa shape index (κ2) is 8.95. The van der Waals surface area contributed by atoms with Crippen molar-refractivity contribution < 1.29 is 14.3 Å². The molecule has 0 unspecified atom stereocenters. The summed E-state index contributed by atoms with van der Waals surface area (Å²) in [6.45, 7) is 0.545. The number of aromatic nitrogens is 3. The van der Waals surface area contributed by atoms with E-state index in [1.807, 2.05) is 24.3 Å². The molecule has 0 saturated heterocycles. The van der Waals surface area contributed by atoms with Gasteiger partial charge in [-0.3, -0.25) is 4.57 Å². The Balaban J connectivity index is 1.41. The van der Waals surface area contributed by atoms with Crippen LogP contribution in [0.1, 0.15) is 18.9 Å². The Hall–Kier alpha value is -3.75. The van der Waals surface area contributed by atoms with Crippen molar-refractivity contribution in [1.29, 1.82) is 0 Å². The van der Waals surface area contributed by atoms with Crippen molar-refractivity contribution in [3.8, 4) is 22.9 Å². The van der Waals surface area contributed by atoms with Gasteiger partial charge in [0.05, 0.1) is 20.8 Å². The topological polar surface area (TPSA) is 99.4 Å². The molecule has 0 spiro atoms. The molecule has 0 radical (unpaired) electrons. The molecule has 4 rings (SSSR count). The quantitative estimate of drug-likeness (QED) is 0.580. The Morgan fingerprint density at radius 2 is 1.65 bits per heavy atom. The van der Waals surface area contributed by atoms with Crippen LogP contribution < -0.4 is 25.8 Å². The maximum atomic E-state index is 12.9. The first-order valence-electron chi connectivity index (χ1n) is 10.1. The lowest BCUT2D eigenvalue weighted by atomic mass is 10.2. The van der Waals surface area contributed by atoms with Gasteiger partial charge in [-0.05, 0) is 61.4 Å². The van der Waals surface area contributed by atoms with Crippen molar-refractivity contribution in [2.45, 2.75) is 25.4 Å². The van der Waals surface area contributed by atoms with Gasteiger partial charge in [-0.1, -0.05) is 0 Å². The molecule has 2 aromatic carbocycles. The van der Waals surface area contributed by atoms with Gasteiger partial charge in [0.2, 0.25) is 0 Å². The summed E-state index contributed by atoms with van der Waals surface area (Å²) in [6, 6.07) is 14.3. The van der Waals surface area contributed by atoms with Crippen LogP contribution in [0.25, 0.3) is 11.4 Å². The molecule has 31 heavy (non-hydrogen) atoms. The van der Waals surface area contributed by atoms with E-state index in [1.165, 1.54) is 4.68 Å². The summed E-state index contributed by atoms with van der Waals surface area (Å²) in [4.78, 5) is 25.0. The summed E-state index contributed by atoms with van der Waals surface area (Å²) in [5, 5.41) is 10.0. The van der Waals surface area contributed by atoms with E-state index in [4.69, 9.17) is 9.47 Å². The summed E-state index contributed by atoms with van der Waals surface area (Å²) >= 11 is 0. The Bertz CT molecular complexity index is 1100. The van der Waals surface area contributed by atoms with Crippen molar-refractivity contribution in [3.05, 3.63) is 59.0 Å². The number of benzene rings is 2. The molecule has 1 aliphatic rings. The van der Waals surface area contributed by atoms with Crippen molar-refractivity contribution in [3.63, 3.8) is 0 Å². The average Bonchev–Trinajstić information content (AvgIpc) is 3.58. The second-order valence-electron chi connectivity index (χ2n) is 7.27. The molecule has 9 nitrogen and oxygen atoms in total. The molecule has 2 amide bonds. The number of amides is 2. The van der Waals surface area contributed by atoms with E-state index in [0.29, 0.717) is 17.3 Å². The summed E-state index contributed by atoms with van der Waals surface area (Å²) < 4.78 is 13.5. The molecule has 0 aliphatic heterocycles. The van der Waals surface area contributed by atoms with Gasteiger partial charge < -0.3 is 20.1 Å². The summed E-state index contributed by atoms with van der Waals surface area (Å²) in [6.07, 6.45) is 1.94. The van der Waals surface area contributed by atoms with Crippen LogP contribution in [0, 0.1) is 0 Å². The highest BCUT2D eigenvalue weighted by atomic mass is 16.5. The minimum atomic E-state index is -0.352. The van der Waals surface area contributed by atoms with Crippen LogP contribution in [0.15, 0.2) is 53.3 Å². The molecule has 1 fully saturated rings. The number of carbonyl (C=O) groups is 1. The number of hydrogen-bond donors (Lipinski definition) is 2. The van der Waals surface area contributed by atoms with Crippen LogP contribution in [0.2, 0.25) is 0 Å². The van der Waals surface area contributed by atoms with Crippen LogP contribution in [0.4, 0.5) is 10.5 Å². The van der Waals surface area contributed by atoms with Crippen LogP contribution in [0.3, 0.4) is 0 Å². The third-order valence-electron chi connectivity index (χ3n) is 5.09. The Morgan fingerprint density at radius 3 is 2.23 bits per heavy atom. The van der Waals surface area contributed by atoms with Crippen molar-refractivity contribution in [2.75, 3.05) is 26.1 Å². The predicted molar refractivity (Wildman–Crippen MR) is 117 cm³/mol. The van der Waals surface area contributed by atoms with E-state index >= 15 is 0 Å². The minimum Gasteiger partial charge on any atom is -0.497 e. The van der Waals surface area contributed by atoms with Crippen molar-refractivity contribution in [2.24, 2.45) is 0 Å². The third kappa shape index (κ3) is 4.71. The number of nitrogens with zero attached hydrogens (tertiary/aromatic N) is 3. The highest BCUT2D eigenvalue weighted by molar-refractivity contribution is 5.89. The predicted octanol–water partition coefficient (Wildman–Crippen LogP) is 2.89. The number of urea groups is 1. The number of anilines is 1. The van der Waals surface area contributed by atoms with Crippen molar-refractivity contribution in [1.82, 2.24) is 19.7 Å². The van der Waals surface area contributed by atoms with Crippen LogP contribution in [0.5, 0.6) is 11.5 Å². The van der Waals surface area contributed by atoms with Gasteiger partial charge in [0.1, 0.15) is 11.5 Å². The number of carbonyl (C=O) groups excluding carboxylic acids is 1. The first kappa shape index (κ1) is 20.5. The number of rotatable bonds is 8. The third-order valence-corrected chi connectivity index (χ3v) is 5.09. The molecule has 1 heterocycles. The highest BCUT2D eigenvalue weighted by Crippen LogP contribution is 2.36. The molecule has 1 aliphatic carbocycles. The number of hydrogen-bond acceptors (Lipinski definition) is 5. The summed E-state index contributed by atoms with van der Waals surface area (Å²) in [7, 11) is 3.20. The first-order chi connectivity index (χ1) is 15.1. The summed E-state index contributed by atoms with van der Waals surface area (Å²) in [5.41, 5.74) is 1.34. The fraction of sp³-hybridized carbons (Fsp3) is 0.318. The second-order valence-corrected chi connectivity index (χ2v) is 7.27. The smallest absolute Gasteiger partial charge is 0.346 e. The molecule has 2 N–H and O–H groups in total. The average molecular weight is 423 g/mol. The molecule has 1 saturated carbocycles. The van der Waals surface area contributed by atoms with Gasteiger partial charge in [-0.15, -0.1) is 5.10 Å². The zero-order chi connectivity index (χ0) is 21.8. The lowest BCUT2D eigenvalue weighted by Gasteiger charge is -2.08. The Morgan fingerprint density at radius 1 is 1.03 bits per heavy atom. The fourth-order valence-corrected chi connectivity index (χ4v) is 3.29. The minimum absolute atomic E-state index is 0.161. The summed E-state index contributed by atoms with van der Waals surface area (Å²) in [5.74, 6) is 2.10. The van der Waals surface area contributed by atoms with E-state index in [1.54, 1.807) is 43.1 Å². The normalized spacial score (nSPS) is 13.0. The van der Waals surface area contributed by atoms with Crippen LogP contribution >= 0.6 is 0 Å². The van der Waals surface area contributed by atoms with E-state index < -0.39 is 0 Å². The molecule has 9 heteroatoms. The first-order valence-corrected chi connectivity index (χ1v) is 10.1. The molecule has 0 atom stereocenters. The SMILES string of the molecule is COc1ccc(NC(=O)NCCn2nc(-c3ccc(OC)cc3)n(C3CC3)c2=O)cc1. The molecule has 162 valence electrons. The Kier molecular flexibility index (Phi) is 5.92. The standard InChI is InChI=1S/C22H25N5O4/c1-30-18-9-3-15(4-10-18)20-25-26(22(29)27(20)17-7-8-17)14-13-23-21(28)24-16-5-11-19(31-2)12-6-16/h3-6,9-12,17H,7-8,13-14H2,1-2H3,(H2,23,24,28). The van der Waals surface area contributed by atoms with Gasteiger partial charge >= 0.3 is 11.7 Å². The molecule has 0 bridgehead atoms. The molecule has 3 aromatic rings. The van der Waals surface area contributed by atoms with Gasteiger partial charge in [-0.25, -0.2) is 14.3 Å². The maximum Gasteiger partial charge on any atom is 0.346 e. The van der Waals surface area contributed by atoms with Crippen molar-refractivity contribution >= 4 is 11.7 Å². The monoisotopic (exact) mass is 423 g/mol. The van der Waals surface area contributed by atoms with E-state index in [0.717, 1.165) is 24.2 Å². The van der Waals surface area contributed by atoms with Gasteiger partial charge in [0.15, 0.2) is 5.82 Å². The lowest BCUT2D eigenvalue weighted by molar-refractivity contribution is 0.251. The van der Waals surface area contributed by atoms with Crippen LogP contribution in [-0.2, 0) is 6.54 Å². The van der Waals surface area contributed by atoms with Crippen LogP contribution in [-0.4, -0.2) is 41.1 Å². The zero-order valence-corrected chi connectivity index (χ0v) is 17.5. The van der Waals surface area contributed by atoms with E-state index in [9.17, 15) is 9.59 Å². The van der Waals surface area contributed by atoms with E-state index in [2.05, 4.69) is 15.7 Å². The van der Waals surface area contributed by atoms with Gasteiger partial charge in [0.25, 0.3) is 0 Å². The van der Waals surface area contributed by atoms with Gasteiger partial charge in [0, 0.05) is 23.8 Å². The lowest BCUT2D eigenvalue weighted by Crippen LogP contribution is -2.34. The van der Waals surface area contributed by atoms with E-state index in [-0.39, 0.29) is 30.9 Å². The Labute approximate surface area is 179 Å². The fourth-order valence-electron chi connectivity index (χ4n) is 3.29. The zero-order valence-electron chi connectivity index (χ0n) is 17.5. The largest absolute Gasteiger partial charge is 0.497 e.